The predicted octanol–water partition coefficient (Wildman–Crippen LogP) is 0.684. The number of nitrogens with one attached hydrogen (secondary N) is 1. The molecule has 86 valence electrons. The van der Waals surface area contributed by atoms with E-state index >= 15 is 0 Å². The minimum Gasteiger partial charge on any atom is -0.496 e. The van der Waals surface area contributed by atoms with Gasteiger partial charge in [0.05, 0.1) is 32.5 Å². The van der Waals surface area contributed by atoms with Gasteiger partial charge in [0.2, 0.25) is 0 Å². The summed E-state index contributed by atoms with van der Waals surface area (Å²) in [7, 11) is 0. The highest BCUT2D eigenvalue weighted by atomic mass is 16.6. The van der Waals surface area contributed by atoms with Crippen molar-refractivity contribution < 1.29 is 14.2 Å². The van der Waals surface area contributed by atoms with Crippen molar-refractivity contribution in [2.45, 2.75) is 25.5 Å². The van der Waals surface area contributed by atoms with Gasteiger partial charge in [0.25, 0.3) is 0 Å². The number of hydrogen-bond donors (Lipinski definition) is 1. The first-order valence-corrected chi connectivity index (χ1v) is 5.67. The Labute approximate surface area is 90.6 Å². The van der Waals surface area contributed by atoms with Crippen LogP contribution in [0.3, 0.4) is 0 Å². The summed E-state index contributed by atoms with van der Waals surface area (Å²) < 4.78 is 16.7. The summed E-state index contributed by atoms with van der Waals surface area (Å²) in [6.45, 7) is 5.83. The summed E-state index contributed by atoms with van der Waals surface area (Å²) in [6.07, 6.45) is 3.24. The van der Waals surface area contributed by atoms with Gasteiger partial charge in [0.15, 0.2) is 0 Å². The van der Waals surface area contributed by atoms with E-state index in [-0.39, 0.29) is 12.1 Å². The van der Waals surface area contributed by atoms with E-state index in [0.29, 0.717) is 19.8 Å². The molecule has 2 unspecified atom stereocenters. The summed E-state index contributed by atoms with van der Waals surface area (Å²) in [4.78, 5) is 0. The number of rotatable bonds is 4. The summed E-state index contributed by atoms with van der Waals surface area (Å²) in [5, 5.41) is 3.40. The molecule has 1 fully saturated rings. The van der Waals surface area contributed by atoms with Crippen LogP contribution in [0.4, 0.5) is 0 Å². The molecule has 1 N–H and O–H groups in total. The first-order valence-electron chi connectivity index (χ1n) is 5.67. The van der Waals surface area contributed by atoms with Crippen molar-refractivity contribution in [1.29, 1.82) is 0 Å². The molecule has 2 heterocycles. The van der Waals surface area contributed by atoms with Gasteiger partial charge in [-0.05, 0) is 12.6 Å². The summed E-state index contributed by atoms with van der Waals surface area (Å²) in [5.41, 5.74) is 0. The van der Waals surface area contributed by atoms with Crippen molar-refractivity contribution in [1.82, 2.24) is 5.32 Å². The third-order valence-corrected chi connectivity index (χ3v) is 2.68. The fraction of sp³-hybridized carbons (Fsp3) is 0.818. The average molecular weight is 213 g/mol. The zero-order valence-electron chi connectivity index (χ0n) is 9.20. The van der Waals surface area contributed by atoms with Crippen molar-refractivity contribution in [2.75, 3.05) is 33.0 Å². The van der Waals surface area contributed by atoms with Gasteiger partial charge in [-0.3, -0.25) is 0 Å². The van der Waals surface area contributed by atoms with Crippen LogP contribution in [0.1, 0.15) is 13.3 Å². The Morgan fingerprint density at radius 3 is 3.00 bits per heavy atom. The molecule has 0 saturated carbocycles. The lowest BCUT2D eigenvalue weighted by atomic mass is 10.1. The molecule has 0 spiro atoms. The zero-order chi connectivity index (χ0) is 10.5. The zero-order valence-corrected chi connectivity index (χ0v) is 9.20. The Bertz CT molecular complexity index is 224. The fourth-order valence-corrected chi connectivity index (χ4v) is 1.99. The van der Waals surface area contributed by atoms with Gasteiger partial charge < -0.3 is 19.5 Å². The van der Waals surface area contributed by atoms with Gasteiger partial charge in [0, 0.05) is 6.42 Å². The molecule has 0 aromatic rings. The lowest BCUT2D eigenvalue weighted by molar-refractivity contribution is -0.101. The molecule has 2 atom stereocenters. The molecule has 0 amide bonds. The quantitative estimate of drug-likeness (QED) is 0.745. The van der Waals surface area contributed by atoms with Crippen LogP contribution in [0.15, 0.2) is 11.8 Å². The van der Waals surface area contributed by atoms with Crippen LogP contribution in [0.5, 0.6) is 0 Å². The lowest BCUT2D eigenvalue weighted by Gasteiger charge is -2.31. The van der Waals surface area contributed by atoms with Crippen LogP contribution in [0, 0.1) is 0 Å². The van der Waals surface area contributed by atoms with E-state index in [1.54, 1.807) is 0 Å². The van der Waals surface area contributed by atoms with E-state index < -0.39 is 0 Å². The van der Waals surface area contributed by atoms with E-state index in [9.17, 15) is 0 Å². The maximum Gasteiger partial charge on any atom is 0.112 e. The van der Waals surface area contributed by atoms with Crippen molar-refractivity contribution in [3.63, 3.8) is 0 Å². The molecule has 4 heteroatoms. The second kappa shape index (κ2) is 5.49. The summed E-state index contributed by atoms with van der Waals surface area (Å²) in [5.74, 6) is 1.02. The molecule has 0 bridgehead atoms. The van der Waals surface area contributed by atoms with E-state index in [2.05, 4.69) is 18.3 Å². The third kappa shape index (κ3) is 2.71. The Hall–Kier alpha value is -0.580. The lowest BCUT2D eigenvalue weighted by Crippen LogP contribution is -2.47. The van der Waals surface area contributed by atoms with Crippen molar-refractivity contribution in [2.24, 2.45) is 0 Å². The fourth-order valence-electron chi connectivity index (χ4n) is 1.99. The second-order valence-electron chi connectivity index (χ2n) is 3.76. The van der Waals surface area contributed by atoms with Crippen LogP contribution < -0.4 is 5.32 Å². The average Bonchev–Trinajstić information content (AvgIpc) is 2.80. The number of hydrogen-bond acceptors (Lipinski definition) is 4. The van der Waals surface area contributed by atoms with Crippen molar-refractivity contribution in [3.8, 4) is 0 Å². The van der Waals surface area contributed by atoms with Crippen LogP contribution in [-0.2, 0) is 14.2 Å². The van der Waals surface area contributed by atoms with Crippen LogP contribution in [-0.4, -0.2) is 45.1 Å². The van der Waals surface area contributed by atoms with E-state index in [1.165, 1.54) is 0 Å². The van der Waals surface area contributed by atoms with Gasteiger partial charge in [-0.2, -0.15) is 0 Å². The van der Waals surface area contributed by atoms with Crippen LogP contribution >= 0.6 is 0 Å². The Kier molecular flexibility index (Phi) is 4.00. The predicted molar refractivity (Wildman–Crippen MR) is 56.7 cm³/mol. The third-order valence-electron chi connectivity index (χ3n) is 2.68. The topological polar surface area (TPSA) is 39.7 Å². The van der Waals surface area contributed by atoms with Crippen LogP contribution in [0.2, 0.25) is 0 Å². The molecule has 0 aromatic carbocycles. The highest BCUT2D eigenvalue weighted by Gasteiger charge is 2.29. The highest BCUT2D eigenvalue weighted by Crippen LogP contribution is 2.19. The van der Waals surface area contributed by atoms with Crippen molar-refractivity contribution >= 4 is 0 Å². The van der Waals surface area contributed by atoms with E-state index in [4.69, 9.17) is 14.2 Å². The van der Waals surface area contributed by atoms with Gasteiger partial charge in [-0.15, -0.1) is 0 Å². The molecule has 2 rings (SSSR count). The molecule has 2 aliphatic rings. The SMILES string of the molecule is CCNC(C1=CCCO1)C1COCCO1. The molecule has 0 radical (unpaired) electrons. The normalized spacial score (nSPS) is 28.3. The van der Waals surface area contributed by atoms with Gasteiger partial charge in [-0.25, -0.2) is 0 Å². The Morgan fingerprint density at radius 1 is 1.47 bits per heavy atom. The van der Waals surface area contributed by atoms with E-state index in [0.717, 1.165) is 25.3 Å². The largest absolute Gasteiger partial charge is 0.496 e. The number of likely N-dealkylation sites (N-methyl/N-ethyl adjacent to an activating group) is 1. The first-order chi connectivity index (χ1) is 7.42. The van der Waals surface area contributed by atoms with Gasteiger partial charge >= 0.3 is 0 Å². The molecular formula is C11H19NO3. The molecule has 2 aliphatic heterocycles. The highest BCUT2D eigenvalue weighted by molar-refractivity contribution is 5.10. The molecule has 0 aliphatic carbocycles. The smallest absolute Gasteiger partial charge is 0.112 e. The Morgan fingerprint density at radius 2 is 2.40 bits per heavy atom. The first kappa shape index (κ1) is 10.9. The molecule has 0 aromatic heterocycles. The van der Waals surface area contributed by atoms with Gasteiger partial charge in [0.1, 0.15) is 11.9 Å². The Balaban J connectivity index is 1.97. The molecule has 15 heavy (non-hydrogen) atoms. The standard InChI is InChI=1S/C11H19NO3/c1-2-12-11(9-4-3-5-14-9)10-8-13-6-7-15-10/h4,10-12H,2-3,5-8H2,1H3. The molecular weight excluding hydrogens is 194 g/mol. The minimum absolute atomic E-state index is 0.0862. The summed E-state index contributed by atoms with van der Waals surface area (Å²) >= 11 is 0. The monoisotopic (exact) mass is 213 g/mol. The van der Waals surface area contributed by atoms with Crippen molar-refractivity contribution in [3.05, 3.63) is 11.8 Å². The van der Waals surface area contributed by atoms with Gasteiger partial charge in [-0.1, -0.05) is 6.92 Å². The molecule has 1 saturated heterocycles. The number of ether oxygens (including phenoxy) is 3. The maximum absolute atomic E-state index is 5.70. The molecule has 4 nitrogen and oxygen atoms in total. The second-order valence-corrected chi connectivity index (χ2v) is 3.76. The van der Waals surface area contributed by atoms with Crippen LogP contribution in [0.25, 0.3) is 0 Å². The summed E-state index contributed by atoms with van der Waals surface area (Å²) in [6, 6.07) is 0.151. The maximum atomic E-state index is 5.70. The van der Waals surface area contributed by atoms with E-state index in [1.807, 2.05) is 0 Å². The minimum atomic E-state index is 0.0862.